The molecule has 3 aromatic heterocycles. The minimum atomic E-state index is -0.0323. The van der Waals surface area contributed by atoms with E-state index in [1.807, 2.05) is 47.6 Å². The van der Waals surface area contributed by atoms with Gasteiger partial charge >= 0.3 is 0 Å². The number of nitrogens with one attached hydrogen (secondary N) is 1. The van der Waals surface area contributed by atoms with Crippen molar-refractivity contribution in [3.63, 3.8) is 0 Å². The van der Waals surface area contributed by atoms with Gasteiger partial charge in [0.1, 0.15) is 11.5 Å². The van der Waals surface area contributed by atoms with Gasteiger partial charge in [-0.1, -0.05) is 30.3 Å². The Hall–Kier alpha value is -3.61. The Kier molecular flexibility index (Phi) is 4.93. The van der Waals surface area contributed by atoms with E-state index in [0.29, 0.717) is 23.1 Å². The summed E-state index contributed by atoms with van der Waals surface area (Å²) >= 11 is 0. The van der Waals surface area contributed by atoms with Gasteiger partial charge in [-0.2, -0.15) is 5.10 Å². The molecule has 1 N–H and O–H groups in total. The smallest absolute Gasteiger partial charge is 0.274 e. The largest absolute Gasteiger partial charge is 0.463 e. The molecule has 0 saturated carbocycles. The van der Waals surface area contributed by atoms with Crippen LogP contribution in [0.1, 0.15) is 23.3 Å². The van der Waals surface area contributed by atoms with Crippen LogP contribution in [0, 0.1) is 5.92 Å². The van der Waals surface area contributed by atoms with E-state index in [9.17, 15) is 4.79 Å². The topological polar surface area (TPSA) is 80.0 Å². The highest BCUT2D eigenvalue weighted by Crippen LogP contribution is 2.25. The zero-order chi connectivity index (χ0) is 20.3. The number of amides is 1. The molecule has 0 aliphatic carbocycles. The van der Waals surface area contributed by atoms with Crippen molar-refractivity contribution in [2.24, 2.45) is 5.92 Å². The monoisotopic (exact) mass is 401 g/mol. The molecule has 1 aliphatic heterocycles. The number of rotatable bonds is 5. The summed E-state index contributed by atoms with van der Waals surface area (Å²) in [5.41, 5.74) is 2.27. The first-order valence-electron chi connectivity index (χ1n) is 10.2. The Morgan fingerprint density at radius 2 is 1.97 bits per heavy atom. The second-order valence-corrected chi connectivity index (χ2v) is 7.65. The van der Waals surface area contributed by atoms with Gasteiger partial charge < -0.3 is 13.9 Å². The van der Waals surface area contributed by atoms with E-state index in [1.54, 1.807) is 12.3 Å². The summed E-state index contributed by atoms with van der Waals surface area (Å²) in [7, 11) is 0. The van der Waals surface area contributed by atoms with Gasteiger partial charge in [-0.15, -0.1) is 0 Å². The number of piperidine rings is 1. The number of carbonyl (C=O) groups excluding carboxylic acids is 1. The SMILES string of the molecule is O=C(c1cc(-c2ccco2)[nH]n1)N1CCC(Cn2ccnc2-c2ccccc2)CC1. The zero-order valence-electron chi connectivity index (χ0n) is 16.6. The lowest BCUT2D eigenvalue weighted by molar-refractivity contribution is 0.0677. The standard InChI is InChI=1S/C23H23N5O2/c29-23(20-15-19(25-26-20)21-7-4-14-30-21)27-11-8-17(9-12-27)16-28-13-10-24-22(28)18-5-2-1-3-6-18/h1-7,10,13-15,17H,8-9,11-12,16H2,(H,25,26). The molecule has 1 fully saturated rings. The minimum absolute atomic E-state index is 0.0323. The number of imidazole rings is 1. The van der Waals surface area contributed by atoms with E-state index in [0.717, 1.165) is 43.9 Å². The van der Waals surface area contributed by atoms with Crippen molar-refractivity contribution < 1.29 is 9.21 Å². The molecule has 1 saturated heterocycles. The minimum Gasteiger partial charge on any atom is -0.463 e. The van der Waals surface area contributed by atoms with Gasteiger partial charge in [0.2, 0.25) is 0 Å². The fourth-order valence-electron chi connectivity index (χ4n) is 4.05. The molecule has 152 valence electrons. The van der Waals surface area contributed by atoms with Gasteiger partial charge in [-0.25, -0.2) is 4.98 Å². The van der Waals surface area contributed by atoms with Crippen LogP contribution >= 0.6 is 0 Å². The highest BCUT2D eigenvalue weighted by Gasteiger charge is 2.26. The van der Waals surface area contributed by atoms with Crippen molar-refractivity contribution >= 4 is 5.91 Å². The summed E-state index contributed by atoms with van der Waals surface area (Å²) in [6, 6.07) is 15.7. The van der Waals surface area contributed by atoms with E-state index >= 15 is 0 Å². The van der Waals surface area contributed by atoms with Gasteiger partial charge in [0.25, 0.3) is 5.91 Å². The van der Waals surface area contributed by atoms with Gasteiger partial charge in [-0.05, 0) is 30.9 Å². The molecule has 0 radical (unpaired) electrons. The molecule has 4 aromatic rings. The maximum Gasteiger partial charge on any atom is 0.274 e. The Balaban J connectivity index is 1.20. The maximum absolute atomic E-state index is 12.8. The Morgan fingerprint density at radius 3 is 2.73 bits per heavy atom. The summed E-state index contributed by atoms with van der Waals surface area (Å²) in [5.74, 6) is 2.16. The molecule has 7 nitrogen and oxygen atoms in total. The number of benzene rings is 1. The third-order valence-corrected chi connectivity index (χ3v) is 5.69. The van der Waals surface area contributed by atoms with Crippen LogP contribution in [-0.2, 0) is 6.54 Å². The summed E-state index contributed by atoms with van der Waals surface area (Å²) in [5, 5.41) is 7.07. The number of furan rings is 1. The van der Waals surface area contributed by atoms with E-state index in [1.165, 1.54) is 0 Å². The van der Waals surface area contributed by atoms with Gasteiger partial charge in [0.15, 0.2) is 11.5 Å². The number of carbonyl (C=O) groups is 1. The number of hydrogen-bond acceptors (Lipinski definition) is 4. The van der Waals surface area contributed by atoms with Gasteiger partial charge in [0.05, 0.1) is 6.26 Å². The van der Waals surface area contributed by atoms with Crippen molar-refractivity contribution in [3.05, 3.63) is 72.9 Å². The van der Waals surface area contributed by atoms with Crippen molar-refractivity contribution in [1.29, 1.82) is 0 Å². The van der Waals surface area contributed by atoms with Gasteiger partial charge in [0, 0.05) is 43.7 Å². The van der Waals surface area contributed by atoms with Crippen molar-refractivity contribution in [1.82, 2.24) is 24.6 Å². The van der Waals surface area contributed by atoms with Crippen molar-refractivity contribution in [3.8, 4) is 22.8 Å². The highest BCUT2D eigenvalue weighted by molar-refractivity contribution is 5.93. The molecular formula is C23H23N5O2. The molecule has 1 aromatic carbocycles. The molecular weight excluding hydrogens is 378 g/mol. The number of nitrogens with zero attached hydrogens (tertiary/aromatic N) is 4. The third-order valence-electron chi connectivity index (χ3n) is 5.69. The Bertz CT molecular complexity index is 1110. The molecule has 1 aliphatic rings. The van der Waals surface area contributed by atoms with Crippen LogP contribution in [0.25, 0.3) is 22.8 Å². The van der Waals surface area contributed by atoms with E-state index in [2.05, 4.69) is 31.9 Å². The first-order chi connectivity index (χ1) is 14.8. The van der Waals surface area contributed by atoms with Crippen LogP contribution in [-0.4, -0.2) is 43.6 Å². The molecule has 0 atom stereocenters. The normalized spacial score (nSPS) is 14.9. The third kappa shape index (κ3) is 3.66. The van der Waals surface area contributed by atoms with Crippen LogP contribution in [0.5, 0.6) is 0 Å². The van der Waals surface area contributed by atoms with Crippen LogP contribution in [0.15, 0.2) is 71.6 Å². The van der Waals surface area contributed by atoms with Crippen molar-refractivity contribution in [2.45, 2.75) is 19.4 Å². The Morgan fingerprint density at radius 1 is 1.13 bits per heavy atom. The molecule has 0 bridgehead atoms. The van der Waals surface area contributed by atoms with Crippen LogP contribution in [0.4, 0.5) is 0 Å². The molecule has 4 heterocycles. The quantitative estimate of drug-likeness (QED) is 0.546. The zero-order valence-corrected chi connectivity index (χ0v) is 16.6. The summed E-state index contributed by atoms with van der Waals surface area (Å²) in [6.45, 7) is 2.39. The second-order valence-electron chi connectivity index (χ2n) is 7.65. The molecule has 1 amide bonds. The molecule has 7 heteroatoms. The van der Waals surface area contributed by atoms with E-state index in [-0.39, 0.29) is 5.91 Å². The fraction of sp³-hybridized carbons (Fsp3) is 0.261. The maximum atomic E-state index is 12.8. The van der Waals surface area contributed by atoms with Crippen molar-refractivity contribution in [2.75, 3.05) is 13.1 Å². The van der Waals surface area contributed by atoms with E-state index < -0.39 is 0 Å². The average molecular weight is 401 g/mol. The predicted molar refractivity (Wildman–Crippen MR) is 113 cm³/mol. The van der Waals surface area contributed by atoms with Gasteiger partial charge in [-0.3, -0.25) is 9.89 Å². The van der Waals surface area contributed by atoms with Crippen LogP contribution < -0.4 is 0 Å². The molecule has 30 heavy (non-hydrogen) atoms. The summed E-state index contributed by atoms with van der Waals surface area (Å²) in [6.07, 6.45) is 7.43. The number of H-pyrrole nitrogens is 1. The Labute approximate surface area is 174 Å². The number of hydrogen-bond donors (Lipinski definition) is 1. The average Bonchev–Trinajstić information content (AvgIpc) is 3.55. The van der Waals surface area contributed by atoms with Crippen LogP contribution in [0.3, 0.4) is 0 Å². The number of aromatic amines is 1. The fourth-order valence-corrected chi connectivity index (χ4v) is 4.05. The first kappa shape index (κ1) is 18.4. The predicted octanol–water partition coefficient (Wildman–Crippen LogP) is 4.09. The second kappa shape index (κ2) is 8.02. The van der Waals surface area contributed by atoms with Crippen LogP contribution in [0.2, 0.25) is 0 Å². The summed E-state index contributed by atoms with van der Waals surface area (Å²) < 4.78 is 7.58. The molecule has 0 spiro atoms. The lowest BCUT2D eigenvalue weighted by atomic mass is 9.96. The lowest BCUT2D eigenvalue weighted by Crippen LogP contribution is -2.39. The summed E-state index contributed by atoms with van der Waals surface area (Å²) in [4.78, 5) is 19.3. The van der Waals surface area contributed by atoms with E-state index in [4.69, 9.17) is 4.42 Å². The number of likely N-dealkylation sites (tertiary alicyclic amines) is 1. The molecule has 0 unspecified atom stereocenters. The number of aromatic nitrogens is 4. The highest BCUT2D eigenvalue weighted by atomic mass is 16.3. The molecule has 5 rings (SSSR count). The lowest BCUT2D eigenvalue weighted by Gasteiger charge is -2.32. The first-order valence-corrected chi connectivity index (χ1v) is 10.2.